The molecule has 5 heteroatoms. The number of carbonyl (C=O) groups is 1. The molecule has 0 aliphatic rings. The fraction of sp³-hybridized carbons (Fsp3) is 0.312. The molecule has 0 aliphatic carbocycles. The first-order valence-corrected chi connectivity index (χ1v) is 7.92. The van der Waals surface area contributed by atoms with E-state index in [1.54, 1.807) is 22.2 Å². The highest BCUT2D eigenvalue weighted by Gasteiger charge is 2.11. The zero-order valence-corrected chi connectivity index (χ0v) is 12.9. The molecule has 0 fully saturated rings. The molecule has 1 aromatic carbocycles. The normalized spacial score (nSPS) is 11.4. The summed E-state index contributed by atoms with van der Waals surface area (Å²) in [5.74, 6) is 0.637. The Morgan fingerprint density at radius 1 is 1.38 bits per heavy atom. The van der Waals surface area contributed by atoms with Gasteiger partial charge in [0, 0.05) is 12.6 Å². The van der Waals surface area contributed by atoms with Crippen molar-refractivity contribution in [1.82, 2.24) is 14.5 Å². The zero-order chi connectivity index (χ0) is 14.8. The monoisotopic (exact) mass is 299 g/mol. The van der Waals surface area contributed by atoms with E-state index < -0.39 is 0 Å². The topological polar surface area (TPSA) is 47.8 Å². The zero-order valence-electron chi connectivity index (χ0n) is 12.1. The minimum Gasteiger partial charge on any atom is -0.274 e. The van der Waals surface area contributed by atoms with E-state index in [9.17, 15) is 4.79 Å². The van der Waals surface area contributed by atoms with Gasteiger partial charge in [-0.2, -0.15) is 0 Å². The maximum atomic E-state index is 12.3. The Morgan fingerprint density at radius 3 is 2.95 bits per heavy atom. The SMILES string of the molecule is CC(C)CCC(=O)n1cnc2cc(-c3cncs3)ccc21. The smallest absolute Gasteiger partial charge is 0.232 e. The van der Waals surface area contributed by atoms with Crippen molar-refractivity contribution < 1.29 is 4.79 Å². The van der Waals surface area contributed by atoms with Crippen LogP contribution in [-0.2, 0) is 0 Å². The molecule has 0 saturated carbocycles. The molecule has 0 bridgehead atoms. The van der Waals surface area contributed by atoms with E-state index in [2.05, 4.69) is 23.8 Å². The molecule has 2 heterocycles. The van der Waals surface area contributed by atoms with Gasteiger partial charge in [0.1, 0.15) is 6.33 Å². The number of aromatic nitrogens is 3. The molecular formula is C16H17N3OS. The highest BCUT2D eigenvalue weighted by atomic mass is 32.1. The Kier molecular flexibility index (Phi) is 3.84. The van der Waals surface area contributed by atoms with Crippen LogP contribution in [0.3, 0.4) is 0 Å². The van der Waals surface area contributed by atoms with E-state index >= 15 is 0 Å². The molecule has 0 atom stereocenters. The fourth-order valence-corrected chi connectivity index (χ4v) is 2.88. The van der Waals surface area contributed by atoms with Crippen LogP contribution in [0.2, 0.25) is 0 Å². The molecule has 0 unspecified atom stereocenters. The minimum absolute atomic E-state index is 0.108. The van der Waals surface area contributed by atoms with Gasteiger partial charge in [0.05, 0.1) is 21.4 Å². The van der Waals surface area contributed by atoms with E-state index in [0.717, 1.165) is 27.9 Å². The van der Waals surface area contributed by atoms with Crippen molar-refractivity contribution in [2.45, 2.75) is 26.7 Å². The lowest BCUT2D eigenvalue weighted by Gasteiger charge is -2.05. The number of benzene rings is 1. The van der Waals surface area contributed by atoms with Crippen LogP contribution in [0.4, 0.5) is 0 Å². The van der Waals surface area contributed by atoms with Crippen LogP contribution >= 0.6 is 11.3 Å². The first-order chi connectivity index (χ1) is 10.1. The maximum Gasteiger partial charge on any atom is 0.232 e. The fourth-order valence-electron chi connectivity index (χ4n) is 2.26. The summed E-state index contributed by atoms with van der Waals surface area (Å²) in [6, 6.07) is 5.99. The van der Waals surface area contributed by atoms with Gasteiger partial charge in [-0.1, -0.05) is 19.9 Å². The quantitative estimate of drug-likeness (QED) is 0.724. The molecule has 0 amide bonds. The third-order valence-electron chi connectivity index (χ3n) is 3.47. The Bertz CT molecular complexity index is 759. The van der Waals surface area contributed by atoms with Crippen LogP contribution in [0.5, 0.6) is 0 Å². The second-order valence-corrected chi connectivity index (χ2v) is 6.40. The molecule has 0 aliphatic heterocycles. The summed E-state index contributed by atoms with van der Waals surface area (Å²) in [5, 5.41) is 0. The Hall–Kier alpha value is -2.01. The first kappa shape index (κ1) is 13.9. The predicted molar refractivity (Wildman–Crippen MR) is 85.5 cm³/mol. The van der Waals surface area contributed by atoms with Gasteiger partial charge in [-0.05, 0) is 30.0 Å². The summed E-state index contributed by atoms with van der Waals surface area (Å²) in [5.41, 5.74) is 4.62. The van der Waals surface area contributed by atoms with Crippen LogP contribution in [0.15, 0.2) is 36.2 Å². The van der Waals surface area contributed by atoms with Crippen molar-refractivity contribution in [1.29, 1.82) is 0 Å². The first-order valence-electron chi connectivity index (χ1n) is 7.04. The van der Waals surface area contributed by atoms with E-state index in [0.29, 0.717) is 12.3 Å². The Morgan fingerprint density at radius 2 is 2.24 bits per heavy atom. The molecule has 0 spiro atoms. The van der Waals surface area contributed by atoms with Crippen LogP contribution in [-0.4, -0.2) is 20.4 Å². The van der Waals surface area contributed by atoms with E-state index in [-0.39, 0.29) is 5.91 Å². The second-order valence-electron chi connectivity index (χ2n) is 5.51. The maximum absolute atomic E-state index is 12.3. The Labute approximate surface area is 127 Å². The number of imidazole rings is 1. The summed E-state index contributed by atoms with van der Waals surface area (Å²) in [7, 11) is 0. The van der Waals surface area contributed by atoms with E-state index in [1.165, 1.54) is 0 Å². The number of nitrogens with zero attached hydrogens (tertiary/aromatic N) is 3. The third-order valence-corrected chi connectivity index (χ3v) is 4.29. The van der Waals surface area contributed by atoms with Crippen molar-refractivity contribution in [2.75, 3.05) is 0 Å². The minimum atomic E-state index is 0.108. The molecular weight excluding hydrogens is 282 g/mol. The van der Waals surface area contributed by atoms with Gasteiger partial charge in [0.15, 0.2) is 0 Å². The largest absolute Gasteiger partial charge is 0.274 e. The van der Waals surface area contributed by atoms with Gasteiger partial charge in [-0.3, -0.25) is 14.3 Å². The molecule has 3 rings (SSSR count). The molecule has 21 heavy (non-hydrogen) atoms. The molecule has 4 nitrogen and oxygen atoms in total. The molecule has 2 aromatic heterocycles. The number of hydrogen-bond acceptors (Lipinski definition) is 4. The molecule has 0 saturated heterocycles. The van der Waals surface area contributed by atoms with Crippen LogP contribution < -0.4 is 0 Å². The number of thiazole rings is 1. The molecule has 0 N–H and O–H groups in total. The summed E-state index contributed by atoms with van der Waals surface area (Å²) in [6.07, 6.45) is 4.93. The average Bonchev–Trinajstić information content (AvgIpc) is 3.13. The lowest BCUT2D eigenvalue weighted by Crippen LogP contribution is -2.10. The van der Waals surface area contributed by atoms with Crippen molar-refractivity contribution in [3.05, 3.63) is 36.2 Å². The Balaban J connectivity index is 1.91. The van der Waals surface area contributed by atoms with Crippen LogP contribution in [0.1, 0.15) is 31.5 Å². The summed E-state index contributed by atoms with van der Waals surface area (Å²) >= 11 is 1.60. The van der Waals surface area contributed by atoms with E-state index in [1.807, 2.05) is 29.9 Å². The van der Waals surface area contributed by atoms with Gasteiger partial charge < -0.3 is 0 Å². The van der Waals surface area contributed by atoms with Crippen molar-refractivity contribution >= 4 is 28.3 Å². The van der Waals surface area contributed by atoms with Crippen molar-refractivity contribution in [3.8, 4) is 10.4 Å². The number of fused-ring (bicyclic) bond motifs is 1. The van der Waals surface area contributed by atoms with Gasteiger partial charge >= 0.3 is 0 Å². The summed E-state index contributed by atoms with van der Waals surface area (Å²) in [4.78, 5) is 21.8. The lowest BCUT2D eigenvalue weighted by molar-refractivity contribution is 0.0900. The highest BCUT2D eigenvalue weighted by molar-refractivity contribution is 7.13. The highest BCUT2D eigenvalue weighted by Crippen LogP contribution is 2.26. The van der Waals surface area contributed by atoms with Crippen LogP contribution in [0, 0.1) is 5.92 Å². The average molecular weight is 299 g/mol. The molecule has 0 radical (unpaired) electrons. The number of hydrogen-bond donors (Lipinski definition) is 0. The van der Waals surface area contributed by atoms with Gasteiger partial charge in [-0.15, -0.1) is 11.3 Å². The summed E-state index contributed by atoms with van der Waals surface area (Å²) in [6.45, 7) is 4.25. The third kappa shape index (κ3) is 2.88. The molecule has 3 aromatic rings. The van der Waals surface area contributed by atoms with Gasteiger partial charge in [0.25, 0.3) is 0 Å². The standard InChI is InChI=1S/C16H17N3OS/c1-11(2)3-6-16(20)19-9-18-13-7-12(4-5-14(13)19)15-8-17-10-21-15/h4-5,7-11H,3,6H2,1-2H3. The van der Waals surface area contributed by atoms with Crippen molar-refractivity contribution in [2.24, 2.45) is 5.92 Å². The number of carbonyl (C=O) groups excluding carboxylic acids is 1. The van der Waals surface area contributed by atoms with E-state index in [4.69, 9.17) is 0 Å². The van der Waals surface area contributed by atoms with Crippen LogP contribution in [0.25, 0.3) is 21.5 Å². The number of rotatable bonds is 4. The lowest BCUT2D eigenvalue weighted by atomic mass is 10.1. The van der Waals surface area contributed by atoms with Crippen molar-refractivity contribution in [3.63, 3.8) is 0 Å². The van der Waals surface area contributed by atoms with Gasteiger partial charge in [0.2, 0.25) is 5.91 Å². The molecule has 108 valence electrons. The summed E-state index contributed by atoms with van der Waals surface area (Å²) < 4.78 is 1.66. The predicted octanol–water partition coefficient (Wildman–Crippen LogP) is 4.24. The second kappa shape index (κ2) is 5.77. The van der Waals surface area contributed by atoms with Gasteiger partial charge in [-0.25, -0.2) is 4.98 Å².